The molecule has 0 N–H and O–H groups in total. The number of hydrogen-bond donors (Lipinski definition) is 0. The molecule has 75 valence electrons. The van der Waals surface area contributed by atoms with E-state index in [2.05, 4.69) is 27.0 Å². The van der Waals surface area contributed by atoms with E-state index >= 15 is 0 Å². The minimum absolute atomic E-state index is 0.124. The highest BCUT2D eigenvalue weighted by Crippen LogP contribution is 2.28. The maximum atomic E-state index is 13.3. The highest BCUT2D eigenvalue weighted by atomic mass is 79.9. The van der Waals surface area contributed by atoms with Gasteiger partial charge in [0, 0.05) is 15.6 Å². The molecular formula is C11H5BrF2N. The lowest BCUT2D eigenvalue weighted by Gasteiger charge is -2.04. The molecule has 1 aromatic carbocycles. The summed E-state index contributed by atoms with van der Waals surface area (Å²) in [4.78, 5) is 3.32. The molecular weight excluding hydrogens is 264 g/mol. The molecule has 1 nitrogen and oxygen atoms in total. The smallest absolute Gasteiger partial charge is 0.220 e. The van der Waals surface area contributed by atoms with E-state index in [1.807, 2.05) is 0 Å². The van der Waals surface area contributed by atoms with Crippen LogP contribution < -0.4 is 0 Å². The summed E-state index contributed by atoms with van der Waals surface area (Å²) in [7, 11) is 0. The van der Waals surface area contributed by atoms with Crippen molar-refractivity contribution in [3.8, 4) is 11.1 Å². The first kappa shape index (κ1) is 10.2. The molecule has 0 amide bonds. The minimum atomic E-state index is -0.698. The van der Waals surface area contributed by atoms with Crippen LogP contribution >= 0.6 is 15.9 Å². The molecule has 2 rings (SSSR count). The zero-order valence-electron chi connectivity index (χ0n) is 7.47. The molecule has 0 atom stereocenters. The summed E-state index contributed by atoms with van der Waals surface area (Å²) in [6.45, 7) is 0. The van der Waals surface area contributed by atoms with Crippen LogP contribution in [-0.2, 0) is 0 Å². The van der Waals surface area contributed by atoms with Crippen molar-refractivity contribution in [2.24, 2.45) is 0 Å². The predicted molar refractivity (Wildman–Crippen MR) is 56.1 cm³/mol. The Morgan fingerprint density at radius 2 is 2.07 bits per heavy atom. The van der Waals surface area contributed by atoms with E-state index in [1.165, 1.54) is 0 Å². The van der Waals surface area contributed by atoms with Gasteiger partial charge in [0.2, 0.25) is 5.95 Å². The molecule has 1 aromatic heterocycles. The van der Waals surface area contributed by atoms with Gasteiger partial charge < -0.3 is 0 Å². The van der Waals surface area contributed by atoms with Crippen molar-refractivity contribution in [1.29, 1.82) is 0 Å². The normalized spacial score (nSPS) is 10.3. The van der Waals surface area contributed by atoms with Crippen molar-refractivity contribution in [2.75, 3.05) is 0 Å². The second-order valence-electron chi connectivity index (χ2n) is 2.89. The Morgan fingerprint density at radius 1 is 1.27 bits per heavy atom. The maximum absolute atomic E-state index is 13.3. The summed E-state index contributed by atoms with van der Waals surface area (Å²) in [6, 6.07) is 9.00. The topological polar surface area (TPSA) is 12.9 Å². The summed E-state index contributed by atoms with van der Waals surface area (Å²) in [5, 5.41) is 0. The first-order valence-electron chi connectivity index (χ1n) is 4.16. The zero-order valence-corrected chi connectivity index (χ0v) is 9.05. The predicted octanol–water partition coefficient (Wildman–Crippen LogP) is 3.59. The van der Waals surface area contributed by atoms with E-state index in [4.69, 9.17) is 0 Å². The number of rotatable bonds is 1. The van der Waals surface area contributed by atoms with Crippen LogP contribution in [0, 0.1) is 17.8 Å². The average Bonchev–Trinajstić information content (AvgIpc) is 2.23. The highest BCUT2D eigenvalue weighted by Gasteiger charge is 2.10. The van der Waals surface area contributed by atoms with Crippen molar-refractivity contribution < 1.29 is 8.78 Å². The fourth-order valence-corrected chi connectivity index (χ4v) is 1.71. The van der Waals surface area contributed by atoms with Gasteiger partial charge in [-0.05, 0) is 28.1 Å². The van der Waals surface area contributed by atoms with Crippen LogP contribution in [0.4, 0.5) is 8.78 Å². The van der Waals surface area contributed by atoms with Gasteiger partial charge in [-0.2, -0.15) is 4.39 Å². The van der Waals surface area contributed by atoms with Gasteiger partial charge in [0.15, 0.2) is 0 Å². The van der Waals surface area contributed by atoms with Crippen molar-refractivity contribution in [1.82, 2.24) is 4.98 Å². The molecule has 0 aliphatic rings. The Balaban J connectivity index is 2.64. The van der Waals surface area contributed by atoms with Crippen molar-refractivity contribution in [3.05, 3.63) is 52.8 Å². The number of halogens is 3. The monoisotopic (exact) mass is 268 g/mol. The summed E-state index contributed by atoms with van der Waals surface area (Å²) in [5.41, 5.74) is 0.653. The van der Waals surface area contributed by atoms with Crippen LogP contribution in [0.3, 0.4) is 0 Å². The number of hydrogen-bond acceptors (Lipinski definition) is 1. The highest BCUT2D eigenvalue weighted by molar-refractivity contribution is 9.10. The molecule has 15 heavy (non-hydrogen) atoms. The Hall–Kier alpha value is -1.29. The molecule has 0 aliphatic carbocycles. The molecule has 0 saturated heterocycles. The van der Waals surface area contributed by atoms with E-state index in [9.17, 15) is 8.78 Å². The van der Waals surface area contributed by atoms with Crippen LogP contribution in [0.2, 0.25) is 0 Å². The summed E-state index contributed by atoms with van der Waals surface area (Å²) in [6.07, 6.45) is 0.847. The fraction of sp³-hybridized carbons (Fsp3) is 0. The van der Waals surface area contributed by atoms with Gasteiger partial charge in [0.05, 0.1) is 6.20 Å². The molecule has 0 spiro atoms. The van der Waals surface area contributed by atoms with Crippen LogP contribution in [-0.4, -0.2) is 4.98 Å². The summed E-state index contributed by atoms with van der Waals surface area (Å²) in [5.74, 6) is -1.26. The fourth-order valence-electron chi connectivity index (χ4n) is 1.24. The Morgan fingerprint density at radius 3 is 2.80 bits per heavy atom. The van der Waals surface area contributed by atoms with Crippen molar-refractivity contribution in [3.63, 3.8) is 0 Å². The van der Waals surface area contributed by atoms with Gasteiger partial charge in [-0.1, -0.05) is 18.2 Å². The van der Waals surface area contributed by atoms with Gasteiger partial charge in [0.25, 0.3) is 0 Å². The molecule has 0 saturated carbocycles. The molecule has 1 radical (unpaired) electrons. The van der Waals surface area contributed by atoms with E-state index in [0.29, 0.717) is 10.0 Å². The molecule has 4 heteroatoms. The van der Waals surface area contributed by atoms with Gasteiger partial charge in [-0.25, -0.2) is 9.37 Å². The first-order valence-corrected chi connectivity index (χ1v) is 4.95. The largest absolute Gasteiger partial charge is 0.225 e. The van der Waals surface area contributed by atoms with Gasteiger partial charge in [0.1, 0.15) is 5.82 Å². The number of benzene rings is 1. The average molecular weight is 269 g/mol. The Labute approximate surface area is 93.9 Å². The summed E-state index contributed by atoms with van der Waals surface area (Å²) < 4.78 is 26.8. The molecule has 0 fully saturated rings. The lowest BCUT2D eigenvalue weighted by molar-refractivity contribution is 0.563. The standard InChI is InChI=1S/C11H5BrF2N/c12-10-4-2-1-3-8(10)9-5-7(13)6-15-11(9)14/h1-3,5-6H. The first-order chi connectivity index (χ1) is 7.18. The summed E-state index contributed by atoms with van der Waals surface area (Å²) >= 11 is 3.22. The molecule has 0 bridgehead atoms. The van der Waals surface area contributed by atoms with Crippen LogP contribution in [0.15, 0.2) is 34.9 Å². The molecule has 0 unspecified atom stereocenters. The second kappa shape index (κ2) is 4.06. The van der Waals surface area contributed by atoms with Gasteiger partial charge in [-0.3, -0.25) is 0 Å². The van der Waals surface area contributed by atoms with Crippen molar-refractivity contribution >= 4 is 15.9 Å². The van der Waals surface area contributed by atoms with Crippen LogP contribution in [0.1, 0.15) is 0 Å². The Bertz CT molecular complexity index is 500. The van der Waals surface area contributed by atoms with E-state index in [1.54, 1.807) is 18.2 Å². The van der Waals surface area contributed by atoms with Crippen molar-refractivity contribution in [2.45, 2.75) is 0 Å². The van der Waals surface area contributed by atoms with E-state index in [-0.39, 0.29) is 5.56 Å². The number of pyridine rings is 1. The Kier molecular flexibility index (Phi) is 2.77. The second-order valence-corrected chi connectivity index (χ2v) is 3.68. The molecule has 0 aliphatic heterocycles. The van der Waals surface area contributed by atoms with E-state index in [0.717, 1.165) is 12.3 Å². The third-order valence-corrected chi connectivity index (χ3v) is 2.56. The van der Waals surface area contributed by atoms with Crippen LogP contribution in [0.5, 0.6) is 0 Å². The quantitative estimate of drug-likeness (QED) is 0.721. The third kappa shape index (κ3) is 2.04. The maximum Gasteiger partial charge on any atom is 0.220 e. The SMILES string of the molecule is Fc1cnc(F)c(-c2ccc[c]c2Br)c1. The third-order valence-electron chi connectivity index (χ3n) is 1.90. The van der Waals surface area contributed by atoms with E-state index < -0.39 is 11.8 Å². The number of nitrogens with zero attached hydrogens (tertiary/aromatic N) is 1. The van der Waals surface area contributed by atoms with Gasteiger partial charge in [-0.15, -0.1) is 0 Å². The minimum Gasteiger partial charge on any atom is -0.225 e. The van der Waals surface area contributed by atoms with Crippen LogP contribution in [0.25, 0.3) is 11.1 Å². The lowest BCUT2D eigenvalue weighted by Crippen LogP contribution is -1.91. The van der Waals surface area contributed by atoms with Gasteiger partial charge >= 0.3 is 0 Å². The molecule has 1 heterocycles. The lowest BCUT2D eigenvalue weighted by atomic mass is 10.1. The molecule has 2 aromatic rings. The zero-order chi connectivity index (χ0) is 10.8. The number of aromatic nitrogens is 1.